The Morgan fingerprint density at radius 1 is 1.58 bits per heavy atom. The molecule has 0 aromatic heterocycles. The molecule has 0 radical (unpaired) electrons. The van der Waals surface area contributed by atoms with Gasteiger partial charge in [-0.2, -0.15) is 0 Å². The summed E-state index contributed by atoms with van der Waals surface area (Å²) in [4.78, 5) is 2.05. The van der Waals surface area contributed by atoms with Gasteiger partial charge in [0.1, 0.15) is 6.67 Å². The van der Waals surface area contributed by atoms with Gasteiger partial charge in [-0.15, -0.1) is 0 Å². The maximum atomic E-state index is 11.9. The van der Waals surface area contributed by atoms with Crippen LogP contribution in [0.3, 0.4) is 0 Å². The van der Waals surface area contributed by atoms with E-state index in [2.05, 4.69) is 17.1 Å². The van der Waals surface area contributed by atoms with E-state index in [-0.39, 0.29) is 6.67 Å². The van der Waals surface area contributed by atoms with Crippen LogP contribution in [0.5, 0.6) is 0 Å². The van der Waals surface area contributed by atoms with Gasteiger partial charge in [0, 0.05) is 19.1 Å². The van der Waals surface area contributed by atoms with Gasteiger partial charge in [0.15, 0.2) is 0 Å². The summed E-state index contributed by atoms with van der Waals surface area (Å²) in [6.45, 7) is 4.68. The molecule has 1 aliphatic rings. The van der Waals surface area contributed by atoms with Crippen molar-refractivity contribution in [2.75, 3.05) is 33.4 Å². The minimum Gasteiger partial charge on any atom is -0.312 e. The van der Waals surface area contributed by atoms with Crippen LogP contribution < -0.4 is 5.32 Å². The number of hydrogen-bond acceptors (Lipinski definition) is 2. The highest BCUT2D eigenvalue weighted by Crippen LogP contribution is 2.12. The quantitative estimate of drug-likeness (QED) is 0.681. The molecule has 0 aromatic rings. The van der Waals surface area contributed by atoms with Gasteiger partial charge in [0.2, 0.25) is 0 Å². The van der Waals surface area contributed by atoms with Crippen LogP contribution in [0.25, 0.3) is 0 Å². The SMILES string of the molecule is CC1CNC(CN(C)CCF)C1. The summed E-state index contributed by atoms with van der Waals surface area (Å²) >= 11 is 0. The van der Waals surface area contributed by atoms with E-state index in [1.165, 1.54) is 6.42 Å². The summed E-state index contributed by atoms with van der Waals surface area (Å²) in [5.41, 5.74) is 0. The molecule has 0 aliphatic carbocycles. The molecule has 1 heterocycles. The minimum absolute atomic E-state index is 0.237. The molecule has 2 unspecified atom stereocenters. The van der Waals surface area contributed by atoms with E-state index >= 15 is 0 Å². The molecule has 72 valence electrons. The van der Waals surface area contributed by atoms with Crippen LogP contribution in [-0.4, -0.2) is 44.3 Å². The maximum absolute atomic E-state index is 11.9. The molecule has 0 bridgehead atoms. The Bertz CT molecular complexity index is 130. The van der Waals surface area contributed by atoms with Gasteiger partial charge in [0.25, 0.3) is 0 Å². The minimum atomic E-state index is -0.237. The molecule has 0 spiro atoms. The van der Waals surface area contributed by atoms with Gasteiger partial charge in [-0.05, 0) is 25.9 Å². The van der Waals surface area contributed by atoms with E-state index in [1.807, 2.05) is 7.05 Å². The zero-order chi connectivity index (χ0) is 8.97. The first-order chi connectivity index (χ1) is 5.72. The Morgan fingerprint density at radius 3 is 2.83 bits per heavy atom. The number of likely N-dealkylation sites (N-methyl/N-ethyl adjacent to an activating group) is 1. The van der Waals surface area contributed by atoms with Crippen molar-refractivity contribution in [3.05, 3.63) is 0 Å². The molecule has 3 heteroatoms. The topological polar surface area (TPSA) is 15.3 Å². The van der Waals surface area contributed by atoms with E-state index in [1.54, 1.807) is 0 Å². The third kappa shape index (κ3) is 3.07. The Labute approximate surface area is 74.1 Å². The lowest BCUT2D eigenvalue weighted by atomic mass is 10.1. The van der Waals surface area contributed by atoms with Crippen molar-refractivity contribution < 1.29 is 4.39 Å². The van der Waals surface area contributed by atoms with E-state index in [0.29, 0.717) is 12.6 Å². The number of nitrogens with zero attached hydrogens (tertiary/aromatic N) is 1. The van der Waals surface area contributed by atoms with Crippen molar-refractivity contribution in [3.8, 4) is 0 Å². The molecular formula is C9H19FN2. The zero-order valence-electron chi connectivity index (χ0n) is 8.02. The van der Waals surface area contributed by atoms with E-state index in [9.17, 15) is 4.39 Å². The van der Waals surface area contributed by atoms with Gasteiger partial charge < -0.3 is 10.2 Å². The molecule has 0 aromatic carbocycles. The Balaban J connectivity index is 2.14. The van der Waals surface area contributed by atoms with E-state index in [0.717, 1.165) is 19.0 Å². The monoisotopic (exact) mass is 174 g/mol. The molecule has 1 saturated heterocycles. The van der Waals surface area contributed by atoms with Gasteiger partial charge in [-0.1, -0.05) is 6.92 Å². The van der Waals surface area contributed by atoms with Crippen molar-refractivity contribution in [1.82, 2.24) is 10.2 Å². The maximum Gasteiger partial charge on any atom is 0.102 e. The average molecular weight is 174 g/mol. The first kappa shape index (κ1) is 9.93. The number of alkyl halides is 1. The van der Waals surface area contributed by atoms with Gasteiger partial charge in [-0.25, -0.2) is 4.39 Å². The number of nitrogens with one attached hydrogen (secondary N) is 1. The van der Waals surface area contributed by atoms with Crippen molar-refractivity contribution in [2.24, 2.45) is 5.92 Å². The summed E-state index contributed by atoms with van der Waals surface area (Å²) in [6, 6.07) is 0.580. The van der Waals surface area contributed by atoms with Crippen LogP contribution in [0.2, 0.25) is 0 Å². The number of halogens is 1. The highest BCUT2D eigenvalue weighted by molar-refractivity contribution is 4.80. The average Bonchev–Trinajstić information content (AvgIpc) is 2.36. The molecule has 1 aliphatic heterocycles. The molecule has 2 nitrogen and oxygen atoms in total. The van der Waals surface area contributed by atoms with Crippen LogP contribution >= 0.6 is 0 Å². The summed E-state index contributed by atoms with van der Waals surface area (Å²) in [5.74, 6) is 0.786. The zero-order valence-corrected chi connectivity index (χ0v) is 8.02. The number of rotatable bonds is 4. The van der Waals surface area contributed by atoms with Crippen LogP contribution in [0.4, 0.5) is 4.39 Å². The first-order valence-corrected chi connectivity index (χ1v) is 4.70. The lowest BCUT2D eigenvalue weighted by Gasteiger charge is -2.19. The Morgan fingerprint density at radius 2 is 2.33 bits per heavy atom. The molecule has 1 rings (SSSR count). The summed E-state index contributed by atoms with van der Waals surface area (Å²) in [6.07, 6.45) is 1.23. The largest absolute Gasteiger partial charge is 0.312 e. The predicted octanol–water partition coefficient (Wildman–Crippen LogP) is 0.886. The van der Waals surface area contributed by atoms with Crippen LogP contribution in [0.15, 0.2) is 0 Å². The second-order valence-corrected chi connectivity index (χ2v) is 3.90. The molecule has 0 amide bonds. The van der Waals surface area contributed by atoms with E-state index in [4.69, 9.17) is 0 Å². The van der Waals surface area contributed by atoms with Gasteiger partial charge >= 0.3 is 0 Å². The van der Waals surface area contributed by atoms with Crippen molar-refractivity contribution in [3.63, 3.8) is 0 Å². The van der Waals surface area contributed by atoms with Crippen molar-refractivity contribution in [1.29, 1.82) is 0 Å². The number of hydrogen-bond donors (Lipinski definition) is 1. The Kier molecular flexibility index (Phi) is 3.95. The predicted molar refractivity (Wildman–Crippen MR) is 49.0 cm³/mol. The smallest absolute Gasteiger partial charge is 0.102 e. The lowest BCUT2D eigenvalue weighted by Crippen LogP contribution is -2.36. The molecule has 1 fully saturated rings. The fraction of sp³-hybridized carbons (Fsp3) is 1.00. The summed E-state index contributed by atoms with van der Waals surface area (Å²) < 4.78 is 11.9. The normalized spacial score (nSPS) is 30.0. The Hall–Kier alpha value is -0.150. The third-order valence-electron chi connectivity index (χ3n) is 2.44. The molecule has 12 heavy (non-hydrogen) atoms. The summed E-state index contributed by atoms with van der Waals surface area (Å²) in [5, 5.41) is 3.43. The van der Waals surface area contributed by atoms with Crippen LogP contribution in [0.1, 0.15) is 13.3 Å². The molecule has 2 atom stereocenters. The van der Waals surface area contributed by atoms with Crippen LogP contribution in [0, 0.1) is 5.92 Å². The summed E-state index contributed by atoms with van der Waals surface area (Å²) in [7, 11) is 1.98. The molecular weight excluding hydrogens is 155 g/mol. The molecule has 0 saturated carbocycles. The van der Waals surface area contributed by atoms with Gasteiger partial charge in [0.05, 0.1) is 0 Å². The lowest BCUT2D eigenvalue weighted by molar-refractivity contribution is 0.270. The fourth-order valence-corrected chi connectivity index (χ4v) is 1.77. The fourth-order valence-electron chi connectivity index (χ4n) is 1.77. The highest BCUT2D eigenvalue weighted by Gasteiger charge is 2.21. The van der Waals surface area contributed by atoms with Gasteiger partial charge in [-0.3, -0.25) is 0 Å². The van der Waals surface area contributed by atoms with Crippen LogP contribution in [-0.2, 0) is 0 Å². The highest BCUT2D eigenvalue weighted by atomic mass is 19.1. The molecule has 1 N–H and O–H groups in total. The standard InChI is InChI=1S/C9H19FN2/c1-8-5-9(11-6-8)7-12(2)4-3-10/h8-9,11H,3-7H2,1-2H3. The third-order valence-corrected chi connectivity index (χ3v) is 2.44. The van der Waals surface area contributed by atoms with Crippen molar-refractivity contribution >= 4 is 0 Å². The second-order valence-electron chi connectivity index (χ2n) is 3.90. The van der Waals surface area contributed by atoms with Crippen molar-refractivity contribution in [2.45, 2.75) is 19.4 Å². The first-order valence-electron chi connectivity index (χ1n) is 4.70. The second kappa shape index (κ2) is 4.77. The van der Waals surface area contributed by atoms with E-state index < -0.39 is 0 Å².